The molecule has 4 heteroatoms. The fourth-order valence-corrected chi connectivity index (χ4v) is 1.83. The lowest BCUT2D eigenvalue weighted by atomic mass is 10.1. The molecule has 0 aliphatic carbocycles. The second-order valence-corrected chi connectivity index (χ2v) is 3.91. The van der Waals surface area contributed by atoms with Gasteiger partial charge in [-0.05, 0) is 25.8 Å². The van der Waals surface area contributed by atoms with Gasteiger partial charge < -0.3 is 19.8 Å². The predicted octanol–water partition coefficient (Wildman–Crippen LogP) is -0.302. The highest BCUT2D eigenvalue weighted by molar-refractivity contribution is 4.76. The number of aliphatic hydroxyl groups excluding tert-OH is 2. The summed E-state index contributed by atoms with van der Waals surface area (Å²) in [7, 11) is 0. The molecule has 0 bridgehead atoms. The minimum Gasteiger partial charge on any atom is -0.396 e. The Kier molecular flexibility index (Phi) is 5.40. The maximum absolute atomic E-state index is 9.57. The second-order valence-electron chi connectivity index (χ2n) is 3.91. The highest BCUT2D eigenvalue weighted by Crippen LogP contribution is 2.15. The van der Waals surface area contributed by atoms with Crippen molar-refractivity contribution >= 4 is 0 Å². The largest absolute Gasteiger partial charge is 0.396 e. The molecule has 1 aliphatic heterocycles. The first-order valence-corrected chi connectivity index (χ1v) is 5.35. The van der Waals surface area contributed by atoms with Gasteiger partial charge in [-0.3, -0.25) is 0 Å². The third kappa shape index (κ3) is 3.92. The predicted molar refractivity (Wildman–Crippen MR) is 54.1 cm³/mol. The molecule has 1 heterocycles. The van der Waals surface area contributed by atoms with E-state index in [4.69, 9.17) is 9.84 Å². The Morgan fingerprint density at radius 3 is 2.93 bits per heavy atom. The number of likely N-dealkylation sites (tertiary alicyclic amines) is 1. The minimum atomic E-state index is -0.396. The Morgan fingerprint density at radius 2 is 2.36 bits per heavy atom. The summed E-state index contributed by atoms with van der Waals surface area (Å²) < 4.78 is 5.13. The van der Waals surface area contributed by atoms with Crippen molar-refractivity contribution in [2.45, 2.75) is 19.4 Å². The maximum atomic E-state index is 9.57. The van der Waals surface area contributed by atoms with Gasteiger partial charge in [0.2, 0.25) is 0 Å². The molecule has 0 aromatic heterocycles. The molecule has 84 valence electrons. The van der Waals surface area contributed by atoms with Crippen LogP contribution in [0.3, 0.4) is 0 Å². The zero-order chi connectivity index (χ0) is 10.4. The number of hydrogen-bond acceptors (Lipinski definition) is 4. The summed E-state index contributed by atoms with van der Waals surface area (Å²) in [5.41, 5.74) is 0. The van der Waals surface area contributed by atoms with Gasteiger partial charge in [-0.2, -0.15) is 0 Å². The van der Waals surface area contributed by atoms with Crippen LogP contribution in [0, 0.1) is 5.92 Å². The van der Waals surface area contributed by atoms with Crippen LogP contribution in [0.25, 0.3) is 0 Å². The van der Waals surface area contributed by atoms with Crippen molar-refractivity contribution < 1.29 is 14.9 Å². The summed E-state index contributed by atoms with van der Waals surface area (Å²) in [4.78, 5) is 2.19. The molecule has 14 heavy (non-hydrogen) atoms. The van der Waals surface area contributed by atoms with E-state index >= 15 is 0 Å². The lowest BCUT2D eigenvalue weighted by Gasteiger charge is -2.19. The lowest BCUT2D eigenvalue weighted by molar-refractivity contribution is 0.0242. The summed E-state index contributed by atoms with van der Waals surface area (Å²) in [6, 6.07) is 0. The van der Waals surface area contributed by atoms with E-state index in [2.05, 4.69) is 4.90 Å². The molecular formula is C10H21NO3. The Morgan fingerprint density at radius 1 is 1.57 bits per heavy atom. The molecule has 1 aliphatic rings. The number of rotatable bonds is 6. The van der Waals surface area contributed by atoms with E-state index in [0.717, 1.165) is 19.5 Å². The molecule has 0 spiro atoms. The Balaban J connectivity index is 2.12. The molecule has 0 saturated carbocycles. The smallest absolute Gasteiger partial charge is 0.0900 e. The molecule has 1 fully saturated rings. The first-order chi connectivity index (χ1) is 6.76. The molecule has 2 N–H and O–H groups in total. The van der Waals surface area contributed by atoms with Crippen LogP contribution < -0.4 is 0 Å². The molecular weight excluding hydrogens is 182 g/mol. The molecule has 4 nitrogen and oxygen atoms in total. The van der Waals surface area contributed by atoms with Crippen LogP contribution in [0.4, 0.5) is 0 Å². The number of nitrogens with zero attached hydrogens (tertiary/aromatic N) is 1. The second kappa shape index (κ2) is 6.35. The average Bonchev–Trinajstić information content (AvgIpc) is 2.62. The van der Waals surface area contributed by atoms with Gasteiger partial charge in [0.05, 0.1) is 12.7 Å². The molecule has 1 saturated heterocycles. The molecule has 0 amide bonds. The van der Waals surface area contributed by atoms with Crippen LogP contribution in [-0.2, 0) is 4.74 Å². The molecule has 0 aromatic carbocycles. The topological polar surface area (TPSA) is 52.9 Å². The van der Waals surface area contributed by atoms with E-state index in [1.807, 2.05) is 6.92 Å². The third-order valence-electron chi connectivity index (χ3n) is 2.61. The monoisotopic (exact) mass is 203 g/mol. The van der Waals surface area contributed by atoms with Crippen molar-refractivity contribution in [2.75, 3.05) is 39.5 Å². The summed E-state index contributed by atoms with van der Waals surface area (Å²) >= 11 is 0. The van der Waals surface area contributed by atoms with Crippen molar-refractivity contribution in [3.8, 4) is 0 Å². The maximum Gasteiger partial charge on any atom is 0.0900 e. The molecule has 1 rings (SSSR count). The highest BCUT2D eigenvalue weighted by atomic mass is 16.5. The van der Waals surface area contributed by atoms with Crippen molar-refractivity contribution in [2.24, 2.45) is 5.92 Å². The van der Waals surface area contributed by atoms with E-state index in [1.54, 1.807) is 0 Å². The SMILES string of the molecule is CCOCC(O)CN1CCC(CO)C1. The quantitative estimate of drug-likeness (QED) is 0.622. The Hall–Kier alpha value is -0.160. The number of β-amino-alcohol motifs (C(OH)–C–C–N with tert-alkyl or cyclic N) is 1. The van der Waals surface area contributed by atoms with Gasteiger partial charge in [-0.15, -0.1) is 0 Å². The first-order valence-electron chi connectivity index (χ1n) is 5.35. The van der Waals surface area contributed by atoms with Crippen molar-refractivity contribution in [3.05, 3.63) is 0 Å². The van der Waals surface area contributed by atoms with E-state index in [0.29, 0.717) is 25.7 Å². The number of hydrogen-bond donors (Lipinski definition) is 2. The van der Waals surface area contributed by atoms with Crippen molar-refractivity contribution in [1.82, 2.24) is 4.90 Å². The summed E-state index contributed by atoms with van der Waals surface area (Å²) in [5.74, 6) is 0.397. The normalized spacial score (nSPS) is 25.5. The van der Waals surface area contributed by atoms with Gasteiger partial charge in [-0.25, -0.2) is 0 Å². The molecule has 0 radical (unpaired) electrons. The molecule has 0 aromatic rings. The molecule has 2 unspecified atom stereocenters. The summed E-state index contributed by atoms with van der Waals surface area (Å²) in [6.45, 7) is 5.79. The fourth-order valence-electron chi connectivity index (χ4n) is 1.83. The zero-order valence-electron chi connectivity index (χ0n) is 8.85. The summed E-state index contributed by atoms with van der Waals surface area (Å²) in [6.07, 6.45) is 0.644. The van der Waals surface area contributed by atoms with Gasteiger partial charge in [0.1, 0.15) is 0 Å². The van der Waals surface area contributed by atoms with Gasteiger partial charge in [0.15, 0.2) is 0 Å². The van der Waals surface area contributed by atoms with Crippen LogP contribution in [0.5, 0.6) is 0 Å². The minimum absolute atomic E-state index is 0.262. The average molecular weight is 203 g/mol. The van der Waals surface area contributed by atoms with E-state index in [1.165, 1.54) is 0 Å². The van der Waals surface area contributed by atoms with Crippen LogP contribution in [0.15, 0.2) is 0 Å². The standard InChI is InChI=1S/C10H21NO3/c1-2-14-8-10(13)6-11-4-3-9(5-11)7-12/h9-10,12-13H,2-8H2,1H3. The zero-order valence-corrected chi connectivity index (χ0v) is 8.85. The lowest BCUT2D eigenvalue weighted by Crippen LogP contribution is -2.33. The summed E-state index contributed by atoms with van der Waals surface area (Å²) in [5, 5.41) is 18.5. The van der Waals surface area contributed by atoms with Crippen molar-refractivity contribution in [3.63, 3.8) is 0 Å². The van der Waals surface area contributed by atoms with E-state index < -0.39 is 6.10 Å². The first kappa shape index (κ1) is 11.9. The van der Waals surface area contributed by atoms with Crippen LogP contribution >= 0.6 is 0 Å². The molecule has 2 atom stereocenters. The van der Waals surface area contributed by atoms with Gasteiger partial charge in [0.25, 0.3) is 0 Å². The number of aliphatic hydroxyl groups is 2. The van der Waals surface area contributed by atoms with Crippen LogP contribution in [0.1, 0.15) is 13.3 Å². The van der Waals surface area contributed by atoms with E-state index in [9.17, 15) is 5.11 Å². The van der Waals surface area contributed by atoms with Crippen LogP contribution in [0.2, 0.25) is 0 Å². The van der Waals surface area contributed by atoms with Crippen LogP contribution in [-0.4, -0.2) is 60.7 Å². The fraction of sp³-hybridized carbons (Fsp3) is 1.00. The van der Waals surface area contributed by atoms with Gasteiger partial charge in [-0.1, -0.05) is 0 Å². The Labute approximate surface area is 85.5 Å². The highest BCUT2D eigenvalue weighted by Gasteiger charge is 2.23. The third-order valence-corrected chi connectivity index (χ3v) is 2.61. The van der Waals surface area contributed by atoms with Gasteiger partial charge in [0, 0.05) is 26.3 Å². The number of ether oxygens (including phenoxy) is 1. The van der Waals surface area contributed by atoms with Gasteiger partial charge >= 0.3 is 0 Å². The Bertz CT molecular complexity index is 154. The van der Waals surface area contributed by atoms with Crippen molar-refractivity contribution in [1.29, 1.82) is 0 Å². The van der Waals surface area contributed by atoms with E-state index in [-0.39, 0.29) is 6.61 Å².